The Morgan fingerprint density at radius 3 is 2.06 bits per heavy atom. The van der Waals surface area contributed by atoms with Crippen LogP contribution < -0.4 is 10.6 Å². The van der Waals surface area contributed by atoms with Crippen molar-refractivity contribution in [2.75, 3.05) is 6.61 Å². The number of hydrogen-bond acceptors (Lipinski definition) is 4. The van der Waals surface area contributed by atoms with Crippen molar-refractivity contribution in [3.8, 4) is 11.1 Å². The summed E-state index contributed by atoms with van der Waals surface area (Å²) in [6, 6.07) is 15.2. The Morgan fingerprint density at radius 2 is 1.56 bits per heavy atom. The van der Waals surface area contributed by atoms with Gasteiger partial charge in [0, 0.05) is 5.92 Å². The molecule has 0 saturated carbocycles. The van der Waals surface area contributed by atoms with Gasteiger partial charge in [-0.25, -0.2) is 9.59 Å². The summed E-state index contributed by atoms with van der Waals surface area (Å²) in [5, 5.41) is 14.4. The van der Waals surface area contributed by atoms with Crippen molar-refractivity contribution in [3.05, 3.63) is 59.7 Å². The van der Waals surface area contributed by atoms with Gasteiger partial charge in [-0.3, -0.25) is 4.79 Å². The van der Waals surface area contributed by atoms with Gasteiger partial charge in [0.05, 0.1) is 0 Å². The minimum Gasteiger partial charge on any atom is -0.480 e. The molecule has 170 valence electrons. The second-order valence-corrected chi connectivity index (χ2v) is 8.75. The highest BCUT2D eigenvalue weighted by atomic mass is 16.5. The van der Waals surface area contributed by atoms with E-state index in [1.165, 1.54) is 13.8 Å². The Hall–Kier alpha value is -3.35. The van der Waals surface area contributed by atoms with Crippen molar-refractivity contribution in [1.29, 1.82) is 0 Å². The molecule has 2 aromatic rings. The van der Waals surface area contributed by atoms with E-state index in [0.717, 1.165) is 22.3 Å². The van der Waals surface area contributed by atoms with E-state index in [1.807, 2.05) is 50.2 Å². The van der Waals surface area contributed by atoms with Gasteiger partial charge in [0.2, 0.25) is 5.91 Å². The number of nitrogens with one attached hydrogen (secondary N) is 2. The standard InChI is InChI=1S/C25H30N2O5/c1-5-15(2)21(22(28)27-25(3,4)23(29)30)26-24(31)32-14-20-18-12-8-6-10-16(18)17-11-7-9-13-19(17)20/h6-13,15,20-21H,5,14H2,1-4H3,(H,26,31)(H,27,28)(H,29,30)/t15-,21-/m0/s1. The van der Waals surface area contributed by atoms with E-state index < -0.39 is 29.6 Å². The summed E-state index contributed by atoms with van der Waals surface area (Å²) in [4.78, 5) is 36.7. The highest BCUT2D eigenvalue weighted by Gasteiger charge is 2.35. The van der Waals surface area contributed by atoms with Crippen molar-refractivity contribution in [2.45, 2.75) is 51.6 Å². The molecule has 2 aromatic carbocycles. The Balaban J connectivity index is 1.70. The number of carboxylic acids is 1. The van der Waals surface area contributed by atoms with Crippen molar-refractivity contribution in [3.63, 3.8) is 0 Å². The molecule has 2 amide bonds. The predicted molar refractivity (Wildman–Crippen MR) is 121 cm³/mol. The normalized spacial score (nSPS) is 14.6. The van der Waals surface area contributed by atoms with Gasteiger partial charge in [0.15, 0.2) is 0 Å². The number of benzene rings is 2. The SMILES string of the molecule is CC[C@H](C)[C@H](NC(=O)OCC1c2ccccc2-c2ccccc21)C(=O)NC(C)(C)C(=O)O. The maximum atomic E-state index is 12.7. The van der Waals surface area contributed by atoms with Crippen LogP contribution >= 0.6 is 0 Å². The van der Waals surface area contributed by atoms with E-state index in [9.17, 15) is 19.5 Å². The zero-order chi connectivity index (χ0) is 23.5. The summed E-state index contributed by atoms with van der Waals surface area (Å²) in [6.45, 7) is 6.65. The summed E-state index contributed by atoms with van der Waals surface area (Å²) in [5.74, 6) is -2.01. The second-order valence-electron chi connectivity index (χ2n) is 8.75. The van der Waals surface area contributed by atoms with Crippen LogP contribution in [0.3, 0.4) is 0 Å². The van der Waals surface area contributed by atoms with E-state index in [0.29, 0.717) is 6.42 Å². The first-order valence-electron chi connectivity index (χ1n) is 10.8. The number of amides is 2. The number of rotatable bonds is 8. The fourth-order valence-electron chi connectivity index (χ4n) is 3.91. The highest BCUT2D eigenvalue weighted by molar-refractivity contribution is 5.91. The predicted octanol–water partition coefficient (Wildman–Crippen LogP) is 3.92. The smallest absolute Gasteiger partial charge is 0.407 e. The molecular weight excluding hydrogens is 408 g/mol. The lowest BCUT2D eigenvalue weighted by Gasteiger charge is -2.28. The topological polar surface area (TPSA) is 105 Å². The fourth-order valence-corrected chi connectivity index (χ4v) is 3.91. The van der Waals surface area contributed by atoms with E-state index in [4.69, 9.17) is 4.74 Å². The number of carbonyl (C=O) groups is 3. The molecule has 0 spiro atoms. The Labute approximate surface area is 188 Å². The van der Waals surface area contributed by atoms with Crippen LogP contribution in [0.4, 0.5) is 4.79 Å². The number of alkyl carbamates (subject to hydrolysis) is 1. The van der Waals surface area contributed by atoms with Crippen LogP contribution in [-0.4, -0.2) is 41.3 Å². The van der Waals surface area contributed by atoms with Crippen LogP contribution in [0.5, 0.6) is 0 Å². The lowest BCUT2D eigenvalue weighted by atomic mass is 9.96. The summed E-state index contributed by atoms with van der Waals surface area (Å²) < 4.78 is 5.55. The monoisotopic (exact) mass is 438 g/mol. The lowest BCUT2D eigenvalue weighted by Crippen LogP contribution is -2.58. The maximum Gasteiger partial charge on any atom is 0.407 e. The van der Waals surface area contributed by atoms with Gasteiger partial charge in [-0.15, -0.1) is 0 Å². The first-order valence-corrected chi connectivity index (χ1v) is 10.8. The third-order valence-electron chi connectivity index (χ3n) is 6.08. The minimum absolute atomic E-state index is 0.0880. The van der Waals surface area contributed by atoms with Crippen LogP contribution in [0.15, 0.2) is 48.5 Å². The molecule has 32 heavy (non-hydrogen) atoms. The molecule has 0 fully saturated rings. The summed E-state index contributed by atoms with van der Waals surface area (Å²) in [5.41, 5.74) is 3.00. The van der Waals surface area contributed by atoms with Crippen LogP contribution in [-0.2, 0) is 14.3 Å². The van der Waals surface area contributed by atoms with Crippen molar-refractivity contribution in [1.82, 2.24) is 10.6 Å². The van der Waals surface area contributed by atoms with Gasteiger partial charge in [-0.2, -0.15) is 0 Å². The third kappa shape index (κ3) is 4.77. The number of fused-ring (bicyclic) bond motifs is 3. The van der Waals surface area contributed by atoms with Crippen molar-refractivity contribution in [2.24, 2.45) is 5.92 Å². The molecular formula is C25H30N2O5. The van der Waals surface area contributed by atoms with Gasteiger partial charge in [-0.1, -0.05) is 68.8 Å². The van der Waals surface area contributed by atoms with Crippen LogP contribution in [0.25, 0.3) is 11.1 Å². The number of ether oxygens (including phenoxy) is 1. The lowest BCUT2D eigenvalue weighted by molar-refractivity contribution is -0.146. The van der Waals surface area contributed by atoms with Crippen LogP contribution in [0, 0.1) is 5.92 Å². The van der Waals surface area contributed by atoms with Crippen molar-refractivity contribution < 1.29 is 24.2 Å². The molecule has 1 aliphatic rings. The summed E-state index contributed by atoms with van der Waals surface area (Å²) in [7, 11) is 0. The van der Waals surface area contributed by atoms with Crippen molar-refractivity contribution >= 4 is 18.0 Å². The Bertz CT molecular complexity index is 971. The average molecular weight is 439 g/mol. The molecule has 3 N–H and O–H groups in total. The molecule has 7 nitrogen and oxygen atoms in total. The van der Waals surface area contributed by atoms with Gasteiger partial charge in [-0.05, 0) is 42.0 Å². The molecule has 3 rings (SSSR count). The molecule has 0 aliphatic heterocycles. The number of hydrogen-bond donors (Lipinski definition) is 3. The zero-order valence-corrected chi connectivity index (χ0v) is 18.8. The van der Waals surface area contributed by atoms with E-state index in [1.54, 1.807) is 0 Å². The number of aliphatic carboxylic acids is 1. The fraction of sp³-hybridized carbons (Fsp3) is 0.400. The molecule has 2 atom stereocenters. The van der Waals surface area contributed by atoms with Gasteiger partial charge >= 0.3 is 12.1 Å². The molecule has 0 radical (unpaired) electrons. The largest absolute Gasteiger partial charge is 0.480 e. The minimum atomic E-state index is -1.45. The number of carboxylic acid groups (broad SMARTS) is 1. The van der Waals surface area contributed by atoms with E-state index in [2.05, 4.69) is 22.8 Å². The highest BCUT2D eigenvalue weighted by Crippen LogP contribution is 2.44. The Kier molecular flexibility index (Phi) is 6.87. The quantitative estimate of drug-likeness (QED) is 0.579. The van der Waals surface area contributed by atoms with Gasteiger partial charge in [0.25, 0.3) is 0 Å². The number of carbonyl (C=O) groups excluding carboxylic acids is 2. The first-order chi connectivity index (χ1) is 15.2. The summed E-state index contributed by atoms with van der Waals surface area (Å²) >= 11 is 0. The van der Waals surface area contributed by atoms with Gasteiger partial charge < -0.3 is 20.5 Å². The average Bonchev–Trinajstić information content (AvgIpc) is 3.09. The molecule has 0 unspecified atom stereocenters. The first kappa shape index (κ1) is 23.3. The maximum absolute atomic E-state index is 12.7. The summed E-state index contributed by atoms with van der Waals surface area (Å²) in [6.07, 6.45) is -0.0876. The van der Waals surface area contributed by atoms with Gasteiger partial charge in [0.1, 0.15) is 18.2 Å². The van der Waals surface area contributed by atoms with Crippen LogP contribution in [0.2, 0.25) is 0 Å². The molecule has 7 heteroatoms. The Morgan fingerprint density at radius 1 is 1.03 bits per heavy atom. The molecule has 1 aliphatic carbocycles. The molecule has 0 aromatic heterocycles. The zero-order valence-electron chi connectivity index (χ0n) is 18.8. The molecule has 0 bridgehead atoms. The van der Waals surface area contributed by atoms with E-state index >= 15 is 0 Å². The molecule has 0 heterocycles. The third-order valence-corrected chi connectivity index (χ3v) is 6.08. The van der Waals surface area contributed by atoms with E-state index in [-0.39, 0.29) is 18.4 Å². The molecule has 0 saturated heterocycles. The van der Waals surface area contributed by atoms with Crippen LogP contribution in [0.1, 0.15) is 51.2 Å². The second kappa shape index (κ2) is 9.42.